The molecule has 3 aromatic carbocycles. The molecule has 1 aliphatic rings. The maximum atomic E-state index is 14.4. The number of carbonyl (C=O) groups is 1. The summed E-state index contributed by atoms with van der Waals surface area (Å²) in [5.74, 6) is 1.33. The minimum absolute atomic E-state index is 0.0548. The largest absolute Gasteiger partial charge is 0.495 e. The smallest absolute Gasteiger partial charge is 0.322 e. The van der Waals surface area contributed by atoms with Gasteiger partial charge in [-0.2, -0.15) is 0 Å². The zero-order chi connectivity index (χ0) is 25.5. The van der Waals surface area contributed by atoms with Crippen molar-refractivity contribution in [2.45, 2.75) is 19.1 Å². The van der Waals surface area contributed by atoms with Gasteiger partial charge in [-0.05, 0) is 36.4 Å². The second-order valence-electron chi connectivity index (χ2n) is 8.14. The summed E-state index contributed by atoms with van der Waals surface area (Å²) in [4.78, 5) is 20.5. The first kappa shape index (κ1) is 24.8. The molecule has 0 unspecified atom stereocenters. The molecular weight excluding hydrogens is 465 g/mol. The summed E-state index contributed by atoms with van der Waals surface area (Å²) in [5.41, 5.74) is 2.45. The van der Waals surface area contributed by atoms with Crippen molar-refractivity contribution in [3.05, 3.63) is 83.7 Å². The van der Waals surface area contributed by atoms with E-state index in [1.807, 2.05) is 18.2 Å². The van der Waals surface area contributed by atoms with Gasteiger partial charge in [0.25, 0.3) is 0 Å². The number of methoxy groups -OCH3 is 3. The third-order valence-corrected chi connectivity index (χ3v) is 5.83. The normalized spacial score (nSPS) is 14.4. The number of anilines is 1. The Morgan fingerprint density at radius 3 is 2.47 bits per heavy atom. The molecule has 0 fully saturated rings. The number of carbonyl (C=O) groups excluding carboxylic acids is 1. The van der Waals surface area contributed by atoms with Crippen molar-refractivity contribution in [1.82, 2.24) is 4.90 Å². The predicted octanol–water partition coefficient (Wildman–Crippen LogP) is 5.08. The lowest BCUT2D eigenvalue weighted by atomic mass is 10.0. The van der Waals surface area contributed by atoms with Gasteiger partial charge in [-0.15, -0.1) is 0 Å². The van der Waals surface area contributed by atoms with Crippen molar-refractivity contribution >= 4 is 17.4 Å². The minimum atomic E-state index is -0.414. The van der Waals surface area contributed by atoms with Gasteiger partial charge in [0.15, 0.2) is 17.6 Å². The lowest BCUT2D eigenvalue weighted by molar-refractivity contribution is 0.0606. The number of urea groups is 1. The molecule has 0 saturated heterocycles. The fourth-order valence-electron chi connectivity index (χ4n) is 3.95. The van der Waals surface area contributed by atoms with Crippen molar-refractivity contribution < 1.29 is 28.2 Å². The highest BCUT2D eigenvalue weighted by Crippen LogP contribution is 2.30. The molecular formula is C27H28FN3O5. The van der Waals surface area contributed by atoms with E-state index >= 15 is 0 Å². The molecule has 0 saturated carbocycles. The van der Waals surface area contributed by atoms with Crippen LogP contribution in [0, 0.1) is 5.82 Å². The third-order valence-electron chi connectivity index (χ3n) is 5.83. The summed E-state index contributed by atoms with van der Waals surface area (Å²) in [6, 6.07) is 18.6. The van der Waals surface area contributed by atoms with E-state index < -0.39 is 12.1 Å². The van der Waals surface area contributed by atoms with E-state index in [1.165, 1.54) is 18.1 Å². The molecule has 8 nitrogen and oxygen atoms in total. The monoisotopic (exact) mass is 493 g/mol. The highest BCUT2D eigenvalue weighted by Gasteiger charge is 2.28. The average Bonchev–Trinajstić information content (AvgIpc) is 3.38. The standard InChI is InChI=1S/C27H28FN3O5/c1-33-24-11-7-6-10-22(24)29-27(32)31(16-19-8-4-5-9-21(19)28)17-20-15-23(30-36-20)18-12-13-25(34-2)26(14-18)35-3/h4-14,20H,15-17H2,1-3H3,(H,29,32)/t20-/m1/s1. The fourth-order valence-corrected chi connectivity index (χ4v) is 3.95. The van der Waals surface area contributed by atoms with E-state index in [2.05, 4.69) is 10.5 Å². The molecule has 1 aliphatic heterocycles. The molecule has 0 spiro atoms. The van der Waals surface area contributed by atoms with Crippen molar-refractivity contribution in [2.75, 3.05) is 33.2 Å². The number of para-hydroxylation sites is 2. The van der Waals surface area contributed by atoms with Crippen LogP contribution in [-0.2, 0) is 11.4 Å². The van der Waals surface area contributed by atoms with Crippen LogP contribution in [0.1, 0.15) is 17.5 Å². The Kier molecular flexibility index (Phi) is 7.89. The summed E-state index contributed by atoms with van der Waals surface area (Å²) in [5, 5.41) is 7.10. The van der Waals surface area contributed by atoms with Gasteiger partial charge in [-0.25, -0.2) is 9.18 Å². The molecule has 188 valence electrons. The number of oxime groups is 1. The number of amides is 2. The van der Waals surface area contributed by atoms with Crippen LogP contribution in [0.4, 0.5) is 14.9 Å². The molecule has 36 heavy (non-hydrogen) atoms. The number of nitrogens with one attached hydrogen (secondary N) is 1. The van der Waals surface area contributed by atoms with E-state index in [1.54, 1.807) is 56.7 Å². The molecule has 1 atom stereocenters. The van der Waals surface area contributed by atoms with Crippen LogP contribution in [0.3, 0.4) is 0 Å². The van der Waals surface area contributed by atoms with Crippen molar-refractivity contribution in [1.29, 1.82) is 0 Å². The van der Waals surface area contributed by atoms with Crippen LogP contribution in [0.25, 0.3) is 0 Å². The molecule has 9 heteroatoms. The quantitative estimate of drug-likeness (QED) is 0.450. The molecule has 2 amide bonds. The fraction of sp³-hybridized carbons (Fsp3) is 0.259. The van der Waals surface area contributed by atoms with Gasteiger partial charge in [-0.1, -0.05) is 35.5 Å². The van der Waals surface area contributed by atoms with Crippen molar-refractivity contribution in [3.8, 4) is 17.2 Å². The Labute approximate surface area is 209 Å². The summed E-state index contributed by atoms with van der Waals surface area (Å²) in [6.45, 7) is 0.245. The van der Waals surface area contributed by atoms with Crippen LogP contribution >= 0.6 is 0 Å². The molecule has 0 aliphatic carbocycles. The maximum Gasteiger partial charge on any atom is 0.322 e. The summed E-state index contributed by atoms with van der Waals surface area (Å²) in [6.07, 6.45) is 0.0499. The summed E-state index contributed by atoms with van der Waals surface area (Å²) >= 11 is 0. The number of rotatable bonds is 9. The molecule has 0 bridgehead atoms. The second kappa shape index (κ2) is 11.4. The third kappa shape index (κ3) is 5.68. The van der Waals surface area contributed by atoms with Gasteiger partial charge in [0, 0.05) is 17.5 Å². The molecule has 3 aromatic rings. The summed E-state index contributed by atoms with van der Waals surface area (Å²) in [7, 11) is 4.67. The van der Waals surface area contributed by atoms with Gasteiger partial charge < -0.3 is 29.3 Å². The number of hydrogen-bond donors (Lipinski definition) is 1. The number of hydrogen-bond acceptors (Lipinski definition) is 6. The van der Waals surface area contributed by atoms with Gasteiger partial charge in [-0.3, -0.25) is 0 Å². The van der Waals surface area contributed by atoms with E-state index in [9.17, 15) is 9.18 Å². The highest BCUT2D eigenvalue weighted by atomic mass is 19.1. The number of halogens is 1. The van der Waals surface area contributed by atoms with Crippen LogP contribution < -0.4 is 19.5 Å². The lowest BCUT2D eigenvalue weighted by Crippen LogP contribution is -2.40. The number of nitrogens with zero attached hydrogens (tertiary/aromatic N) is 2. The molecule has 1 heterocycles. The van der Waals surface area contributed by atoms with Gasteiger partial charge in [0.05, 0.1) is 45.8 Å². The zero-order valence-electron chi connectivity index (χ0n) is 20.4. The summed E-state index contributed by atoms with van der Waals surface area (Å²) < 4.78 is 30.5. The Balaban J connectivity index is 1.50. The maximum absolute atomic E-state index is 14.4. The van der Waals surface area contributed by atoms with E-state index in [0.29, 0.717) is 34.9 Å². The Morgan fingerprint density at radius 2 is 1.72 bits per heavy atom. The van der Waals surface area contributed by atoms with Crippen LogP contribution in [0.5, 0.6) is 17.2 Å². The Bertz CT molecular complexity index is 1250. The SMILES string of the molecule is COc1ccccc1NC(=O)N(Cc1ccccc1F)C[C@H]1CC(c2ccc(OC)c(OC)c2)=NO1. The first-order valence-electron chi connectivity index (χ1n) is 11.4. The van der Waals surface area contributed by atoms with Crippen LogP contribution in [0.2, 0.25) is 0 Å². The van der Waals surface area contributed by atoms with Gasteiger partial charge >= 0.3 is 6.03 Å². The molecule has 4 rings (SSSR count). The first-order chi connectivity index (χ1) is 17.5. The van der Waals surface area contributed by atoms with Crippen molar-refractivity contribution in [2.24, 2.45) is 5.16 Å². The number of benzene rings is 3. The van der Waals surface area contributed by atoms with Gasteiger partial charge in [0.2, 0.25) is 0 Å². The predicted molar refractivity (Wildman–Crippen MR) is 134 cm³/mol. The van der Waals surface area contributed by atoms with Crippen LogP contribution in [-0.4, -0.2) is 50.6 Å². The molecule has 0 radical (unpaired) electrons. The lowest BCUT2D eigenvalue weighted by Gasteiger charge is -2.26. The van der Waals surface area contributed by atoms with E-state index in [-0.39, 0.29) is 18.9 Å². The van der Waals surface area contributed by atoms with Crippen molar-refractivity contribution in [3.63, 3.8) is 0 Å². The Morgan fingerprint density at radius 1 is 1.00 bits per heavy atom. The first-order valence-corrected chi connectivity index (χ1v) is 11.4. The average molecular weight is 494 g/mol. The molecule has 1 N–H and O–H groups in total. The van der Waals surface area contributed by atoms with E-state index in [0.717, 1.165) is 11.3 Å². The number of ether oxygens (including phenoxy) is 3. The minimum Gasteiger partial charge on any atom is -0.495 e. The zero-order valence-corrected chi connectivity index (χ0v) is 20.4. The molecule has 0 aromatic heterocycles. The topological polar surface area (TPSA) is 81.6 Å². The Hall–Kier alpha value is -4.27. The second-order valence-corrected chi connectivity index (χ2v) is 8.14. The van der Waals surface area contributed by atoms with Gasteiger partial charge in [0.1, 0.15) is 11.6 Å². The highest BCUT2D eigenvalue weighted by molar-refractivity contribution is 6.01. The van der Waals surface area contributed by atoms with E-state index in [4.69, 9.17) is 19.0 Å². The van der Waals surface area contributed by atoms with Crippen LogP contribution in [0.15, 0.2) is 71.9 Å².